The van der Waals surface area contributed by atoms with E-state index >= 15 is 0 Å². The Bertz CT molecular complexity index is 267. The van der Waals surface area contributed by atoms with Gasteiger partial charge in [0.25, 0.3) is 6.08 Å². The second kappa shape index (κ2) is 2.30. The fourth-order valence-electron chi connectivity index (χ4n) is 1.13. The van der Waals surface area contributed by atoms with Crippen LogP contribution in [0.15, 0.2) is 6.20 Å². The summed E-state index contributed by atoms with van der Waals surface area (Å²) in [5, 5.41) is 0. The molecule has 2 heterocycles. The second-order valence-electron chi connectivity index (χ2n) is 2.75. The summed E-state index contributed by atoms with van der Waals surface area (Å²) < 4.78 is 19.3. The number of hydrogen-bond acceptors (Lipinski definition) is 2. The maximum atomic E-state index is 12.9. The molecule has 0 aliphatic carbocycles. The van der Waals surface area contributed by atoms with Gasteiger partial charge in [-0.15, -0.1) is 0 Å². The van der Waals surface area contributed by atoms with Crippen LogP contribution in [-0.2, 0) is 4.74 Å². The molecule has 60 valence electrons. The summed E-state index contributed by atoms with van der Waals surface area (Å²) in [7, 11) is 0. The Labute approximate surface area is 63.8 Å². The van der Waals surface area contributed by atoms with E-state index in [-0.39, 0.29) is 6.04 Å². The van der Waals surface area contributed by atoms with Crippen LogP contribution in [0, 0.1) is 13.0 Å². The van der Waals surface area contributed by atoms with Crippen LogP contribution in [0.3, 0.4) is 0 Å². The first-order chi connectivity index (χ1) is 5.27. The normalized spacial score (nSPS) is 18.4. The molecule has 0 N–H and O–H groups in total. The Kier molecular flexibility index (Phi) is 1.42. The van der Waals surface area contributed by atoms with Crippen molar-refractivity contribution in [3.63, 3.8) is 0 Å². The Morgan fingerprint density at radius 3 is 2.82 bits per heavy atom. The molecule has 0 bridgehead atoms. The van der Waals surface area contributed by atoms with E-state index in [1.807, 2.05) is 0 Å². The molecule has 0 spiro atoms. The van der Waals surface area contributed by atoms with Crippen molar-refractivity contribution in [1.29, 1.82) is 0 Å². The molecule has 1 saturated heterocycles. The predicted molar refractivity (Wildman–Crippen MR) is 36.8 cm³/mol. The average molecular weight is 156 g/mol. The molecular formula is C7H9FN2O. The molecule has 11 heavy (non-hydrogen) atoms. The van der Waals surface area contributed by atoms with Gasteiger partial charge in [-0.2, -0.15) is 4.39 Å². The molecule has 0 saturated carbocycles. The molecule has 1 aromatic heterocycles. The van der Waals surface area contributed by atoms with Crippen LogP contribution in [0.1, 0.15) is 11.7 Å². The highest BCUT2D eigenvalue weighted by Crippen LogP contribution is 2.18. The highest BCUT2D eigenvalue weighted by Gasteiger charge is 2.23. The van der Waals surface area contributed by atoms with Gasteiger partial charge in [-0.1, -0.05) is 0 Å². The highest BCUT2D eigenvalue weighted by atomic mass is 19.1. The van der Waals surface area contributed by atoms with Crippen molar-refractivity contribution in [2.24, 2.45) is 0 Å². The summed E-state index contributed by atoms with van der Waals surface area (Å²) in [5.74, 6) is 0. The molecular weight excluding hydrogens is 147 g/mol. The molecule has 1 aromatic rings. The quantitative estimate of drug-likeness (QED) is 0.604. The number of halogens is 1. The van der Waals surface area contributed by atoms with Crippen LogP contribution in [-0.4, -0.2) is 22.8 Å². The van der Waals surface area contributed by atoms with Crippen molar-refractivity contribution < 1.29 is 9.13 Å². The molecule has 0 radical (unpaired) electrons. The van der Waals surface area contributed by atoms with Crippen LogP contribution in [0.25, 0.3) is 0 Å². The number of nitrogens with zero attached hydrogens (tertiary/aromatic N) is 2. The predicted octanol–water partition coefficient (Wildman–Crippen LogP) is 0.902. The van der Waals surface area contributed by atoms with Gasteiger partial charge in [0.2, 0.25) is 0 Å². The third kappa shape index (κ3) is 1.03. The van der Waals surface area contributed by atoms with Gasteiger partial charge in [-0.05, 0) is 6.92 Å². The molecule has 0 amide bonds. The number of ether oxygens (including phenoxy) is 1. The lowest BCUT2D eigenvalue weighted by Gasteiger charge is -2.26. The van der Waals surface area contributed by atoms with Gasteiger partial charge in [0.15, 0.2) is 0 Å². The second-order valence-corrected chi connectivity index (χ2v) is 2.75. The monoisotopic (exact) mass is 156 g/mol. The van der Waals surface area contributed by atoms with Gasteiger partial charge in [-0.3, -0.25) is 4.57 Å². The summed E-state index contributed by atoms with van der Waals surface area (Å²) >= 11 is 0. The van der Waals surface area contributed by atoms with Gasteiger partial charge in [-0.25, -0.2) is 4.98 Å². The van der Waals surface area contributed by atoms with E-state index in [0.29, 0.717) is 13.2 Å². The minimum atomic E-state index is -0.407. The van der Waals surface area contributed by atoms with Crippen LogP contribution in [0.4, 0.5) is 4.39 Å². The smallest absolute Gasteiger partial charge is 0.289 e. The van der Waals surface area contributed by atoms with E-state index in [1.165, 1.54) is 4.57 Å². The van der Waals surface area contributed by atoms with Gasteiger partial charge in [0.1, 0.15) is 0 Å². The van der Waals surface area contributed by atoms with Crippen molar-refractivity contribution in [1.82, 2.24) is 9.55 Å². The third-order valence-electron chi connectivity index (χ3n) is 1.82. The maximum absolute atomic E-state index is 12.9. The summed E-state index contributed by atoms with van der Waals surface area (Å²) in [5.41, 5.74) is 0.717. The summed E-state index contributed by atoms with van der Waals surface area (Å²) in [6, 6.07) is 0.163. The van der Waals surface area contributed by atoms with Gasteiger partial charge >= 0.3 is 0 Å². The van der Waals surface area contributed by atoms with Gasteiger partial charge in [0, 0.05) is 6.20 Å². The zero-order valence-corrected chi connectivity index (χ0v) is 6.25. The summed E-state index contributed by atoms with van der Waals surface area (Å²) in [4.78, 5) is 3.65. The largest absolute Gasteiger partial charge is 0.377 e. The lowest BCUT2D eigenvalue weighted by molar-refractivity contribution is -0.0279. The Morgan fingerprint density at radius 1 is 1.73 bits per heavy atom. The first-order valence-corrected chi connectivity index (χ1v) is 3.56. The average Bonchev–Trinajstić information content (AvgIpc) is 2.07. The Morgan fingerprint density at radius 2 is 2.45 bits per heavy atom. The van der Waals surface area contributed by atoms with Gasteiger partial charge in [0.05, 0.1) is 24.9 Å². The third-order valence-corrected chi connectivity index (χ3v) is 1.82. The molecule has 1 fully saturated rings. The molecule has 4 heteroatoms. The van der Waals surface area contributed by atoms with Crippen molar-refractivity contribution in [3.05, 3.63) is 18.0 Å². The minimum Gasteiger partial charge on any atom is -0.377 e. The van der Waals surface area contributed by atoms with E-state index in [2.05, 4.69) is 4.98 Å². The number of aromatic nitrogens is 2. The first-order valence-electron chi connectivity index (χ1n) is 3.56. The molecule has 2 rings (SSSR count). The number of imidazole rings is 1. The lowest BCUT2D eigenvalue weighted by Crippen LogP contribution is -2.31. The number of rotatable bonds is 1. The van der Waals surface area contributed by atoms with Gasteiger partial charge < -0.3 is 4.74 Å². The van der Waals surface area contributed by atoms with Crippen LogP contribution in [0.5, 0.6) is 0 Å². The van der Waals surface area contributed by atoms with E-state index < -0.39 is 6.08 Å². The molecule has 0 aromatic carbocycles. The zero-order valence-electron chi connectivity index (χ0n) is 6.25. The maximum Gasteiger partial charge on any atom is 0.289 e. The fourth-order valence-corrected chi connectivity index (χ4v) is 1.13. The lowest BCUT2D eigenvalue weighted by atomic mass is 10.2. The van der Waals surface area contributed by atoms with Crippen LogP contribution < -0.4 is 0 Å². The van der Waals surface area contributed by atoms with Crippen molar-refractivity contribution in [2.75, 3.05) is 13.2 Å². The van der Waals surface area contributed by atoms with E-state index in [9.17, 15) is 4.39 Å². The summed E-state index contributed by atoms with van der Waals surface area (Å²) in [6.45, 7) is 2.98. The Hall–Kier alpha value is -0.900. The Balaban J connectivity index is 2.28. The standard InChI is InChI=1S/C7H9FN2O/c1-5-2-10(7(8)9-5)6-3-11-4-6/h2,6H,3-4H2,1H3. The SMILES string of the molecule is Cc1cn(C2COC2)c(F)n1. The minimum absolute atomic E-state index is 0.163. The van der Waals surface area contributed by atoms with E-state index in [1.54, 1.807) is 13.1 Å². The molecule has 0 atom stereocenters. The van der Waals surface area contributed by atoms with E-state index in [0.717, 1.165) is 5.69 Å². The molecule has 1 aliphatic rings. The fraction of sp³-hybridized carbons (Fsp3) is 0.571. The molecule has 0 unspecified atom stereocenters. The first kappa shape index (κ1) is 6.79. The van der Waals surface area contributed by atoms with E-state index in [4.69, 9.17) is 4.74 Å². The molecule has 3 nitrogen and oxygen atoms in total. The molecule has 1 aliphatic heterocycles. The number of aryl methyl sites for hydroxylation is 1. The van der Waals surface area contributed by atoms with Crippen molar-refractivity contribution in [3.8, 4) is 0 Å². The highest BCUT2D eigenvalue weighted by molar-refractivity contribution is 4.97. The van der Waals surface area contributed by atoms with Crippen LogP contribution in [0.2, 0.25) is 0 Å². The number of hydrogen-bond donors (Lipinski definition) is 0. The van der Waals surface area contributed by atoms with Crippen LogP contribution >= 0.6 is 0 Å². The van der Waals surface area contributed by atoms with Crippen molar-refractivity contribution in [2.45, 2.75) is 13.0 Å². The van der Waals surface area contributed by atoms with Crippen molar-refractivity contribution >= 4 is 0 Å². The zero-order chi connectivity index (χ0) is 7.84. The topological polar surface area (TPSA) is 27.1 Å². The summed E-state index contributed by atoms with van der Waals surface area (Å²) in [6.07, 6.45) is 1.30.